The molecule has 0 heterocycles. The highest BCUT2D eigenvalue weighted by molar-refractivity contribution is 5.38. The van der Waals surface area contributed by atoms with Gasteiger partial charge < -0.3 is 4.74 Å². The molecular weight excluding hydrogens is 138 g/mol. The Balaban J connectivity index is 2.96. The first-order valence-corrected chi connectivity index (χ1v) is 2.99. The molecule has 2 heteroatoms. The molecule has 1 aromatic carbocycles. The van der Waals surface area contributed by atoms with E-state index in [9.17, 15) is 0 Å². The van der Waals surface area contributed by atoms with Crippen molar-refractivity contribution in [2.24, 2.45) is 0 Å². The molecule has 0 fully saturated rings. The van der Waals surface area contributed by atoms with Crippen molar-refractivity contribution in [3.63, 3.8) is 0 Å². The Labute approximate surface area is 65.0 Å². The van der Waals surface area contributed by atoms with E-state index in [4.69, 9.17) is 11.7 Å². The molecule has 0 amide bonds. The number of ether oxygens (including phenoxy) is 1. The molecule has 0 aliphatic heterocycles. The Kier molecular flexibility index (Phi) is 2.15. The van der Waals surface area contributed by atoms with Crippen molar-refractivity contribution in [1.82, 2.24) is 0 Å². The summed E-state index contributed by atoms with van der Waals surface area (Å²) in [7, 11) is 0. The summed E-state index contributed by atoms with van der Waals surface area (Å²) in [4.78, 5) is 0. The van der Waals surface area contributed by atoms with Crippen LogP contribution in [0.5, 0.6) is 5.75 Å². The van der Waals surface area contributed by atoms with E-state index in [1.54, 1.807) is 30.5 Å². The fourth-order valence-electron chi connectivity index (χ4n) is 0.702. The maximum atomic E-state index is 8.16. The topological polar surface area (TPSA) is 33.0 Å². The number of benzene rings is 1. The predicted octanol–water partition coefficient (Wildman–Crippen LogP) is 1.53. The van der Waals surface area contributed by atoms with Gasteiger partial charge in [-0.1, -0.05) is 12.0 Å². The van der Waals surface area contributed by atoms with E-state index in [0.29, 0.717) is 11.3 Å². The lowest BCUT2D eigenvalue weighted by Crippen LogP contribution is -1.81. The van der Waals surface area contributed by atoms with E-state index in [2.05, 4.69) is 10.7 Å². The number of nitriles is 1. The third-order valence-corrected chi connectivity index (χ3v) is 1.16. The van der Waals surface area contributed by atoms with Gasteiger partial charge in [0.25, 0.3) is 6.26 Å². The number of hydrogen-bond donors (Lipinski definition) is 0. The second-order valence-corrected chi connectivity index (χ2v) is 1.87. The first-order chi connectivity index (χ1) is 5.36. The largest absolute Gasteiger partial charge is 0.388 e. The first kappa shape index (κ1) is 7.18. The van der Waals surface area contributed by atoms with Crippen LogP contribution in [0.15, 0.2) is 24.3 Å². The summed E-state index contributed by atoms with van der Waals surface area (Å²) in [5, 5.41) is 8.16. The Morgan fingerprint density at radius 1 is 1.45 bits per heavy atom. The molecule has 0 saturated carbocycles. The third-order valence-electron chi connectivity index (χ3n) is 1.16. The Morgan fingerprint density at radius 3 is 2.91 bits per heavy atom. The van der Waals surface area contributed by atoms with Gasteiger partial charge in [0.15, 0.2) is 0 Å². The van der Waals surface area contributed by atoms with Gasteiger partial charge in [-0.3, -0.25) is 0 Å². The average molecular weight is 143 g/mol. The van der Waals surface area contributed by atoms with E-state index in [1.807, 2.05) is 0 Å². The fourth-order valence-corrected chi connectivity index (χ4v) is 0.702. The van der Waals surface area contributed by atoms with E-state index >= 15 is 0 Å². The van der Waals surface area contributed by atoms with E-state index in [-0.39, 0.29) is 0 Å². The van der Waals surface area contributed by atoms with Crippen molar-refractivity contribution in [1.29, 1.82) is 5.26 Å². The van der Waals surface area contributed by atoms with Crippen LogP contribution in [0.2, 0.25) is 0 Å². The molecule has 0 atom stereocenters. The lowest BCUT2D eigenvalue weighted by molar-refractivity contribution is 0.507. The van der Waals surface area contributed by atoms with Crippen molar-refractivity contribution in [2.75, 3.05) is 0 Å². The van der Waals surface area contributed by atoms with Gasteiger partial charge >= 0.3 is 0 Å². The molecule has 0 spiro atoms. The van der Waals surface area contributed by atoms with Crippen LogP contribution in [0.1, 0.15) is 5.56 Å². The van der Waals surface area contributed by atoms with Crippen molar-refractivity contribution in [3.8, 4) is 24.3 Å². The molecule has 0 aliphatic rings. The van der Waals surface area contributed by atoms with Crippen LogP contribution in [0, 0.1) is 23.9 Å². The number of rotatable bonds is 1. The SMILES string of the molecule is C#Cc1cccc(OC#N)c1. The lowest BCUT2D eigenvalue weighted by atomic mass is 10.2. The maximum Gasteiger partial charge on any atom is 0.292 e. The van der Waals surface area contributed by atoms with Crippen molar-refractivity contribution in [2.45, 2.75) is 0 Å². The van der Waals surface area contributed by atoms with Crippen LogP contribution in [0.4, 0.5) is 0 Å². The van der Waals surface area contributed by atoms with Crippen molar-refractivity contribution < 1.29 is 4.74 Å². The maximum absolute atomic E-state index is 8.16. The van der Waals surface area contributed by atoms with E-state index in [0.717, 1.165) is 0 Å². The standard InChI is InChI=1S/C9H5NO/c1-2-8-4-3-5-9(6-8)11-7-10/h1,3-6H. The van der Waals surface area contributed by atoms with Crippen LogP contribution >= 0.6 is 0 Å². The van der Waals surface area contributed by atoms with Crippen LogP contribution in [-0.2, 0) is 0 Å². The predicted molar refractivity (Wildman–Crippen MR) is 40.6 cm³/mol. The number of hydrogen-bond acceptors (Lipinski definition) is 2. The van der Waals surface area contributed by atoms with Gasteiger partial charge in [-0.25, -0.2) is 0 Å². The average Bonchev–Trinajstić information content (AvgIpc) is 2.06. The van der Waals surface area contributed by atoms with Crippen molar-refractivity contribution in [3.05, 3.63) is 29.8 Å². The quantitative estimate of drug-likeness (QED) is 0.441. The molecule has 0 saturated heterocycles. The molecular formula is C9H5NO. The normalized spacial score (nSPS) is 7.82. The summed E-state index contributed by atoms with van der Waals surface area (Å²) in [6.45, 7) is 0. The highest BCUT2D eigenvalue weighted by atomic mass is 16.5. The Bertz CT molecular complexity index is 330. The summed E-state index contributed by atoms with van der Waals surface area (Å²) in [5.41, 5.74) is 0.706. The molecule has 52 valence electrons. The summed E-state index contributed by atoms with van der Waals surface area (Å²) in [6.07, 6.45) is 6.69. The van der Waals surface area contributed by atoms with Gasteiger partial charge in [-0.2, -0.15) is 0 Å². The molecule has 0 unspecified atom stereocenters. The molecule has 11 heavy (non-hydrogen) atoms. The summed E-state index contributed by atoms with van der Waals surface area (Å²) in [5.74, 6) is 2.91. The number of terminal acetylenes is 1. The highest BCUT2D eigenvalue weighted by Crippen LogP contribution is 2.11. The molecule has 0 bridgehead atoms. The zero-order valence-electron chi connectivity index (χ0n) is 5.74. The Hall–Kier alpha value is -1.93. The third kappa shape index (κ3) is 1.74. The molecule has 1 aromatic rings. The molecule has 0 aromatic heterocycles. The number of nitrogens with zero attached hydrogens (tertiary/aromatic N) is 1. The van der Waals surface area contributed by atoms with Gasteiger partial charge in [0.05, 0.1) is 0 Å². The zero-order valence-corrected chi connectivity index (χ0v) is 5.74. The second-order valence-electron chi connectivity index (χ2n) is 1.87. The second kappa shape index (κ2) is 3.29. The Morgan fingerprint density at radius 2 is 2.27 bits per heavy atom. The molecule has 1 rings (SSSR count). The summed E-state index contributed by atoms with van der Waals surface area (Å²) < 4.78 is 4.56. The summed E-state index contributed by atoms with van der Waals surface area (Å²) >= 11 is 0. The minimum atomic E-state index is 0.475. The van der Waals surface area contributed by atoms with E-state index < -0.39 is 0 Å². The minimum absolute atomic E-state index is 0.475. The zero-order chi connectivity index (χ0) is 8.10. The lowest BCUT2D eigenvalue weighted by Gasteiger charge is -1.94. The van der Waals surface area contributed by atoms with Crippen LogP contribution in [-0.4, -0.2) is 0 Å². The van der Waals surface area contributed by atoms with E-state index in [1.165, 1.54) is 0 Å². The van der Waals surface area contributed by atoms with Gasteiger partial charge in [0.1, 0.15) is 5.75 Å². The first-order valence-electron chi connectivity index (χ1n) is 2.99. The van der Waals surface area contributed by atoms with Crippen LogP contribution < -0.4 is 4.74 Å². The van der Waals surface area contributed by atoms with Crippen LogP contribution in [0.25, 0.3) is 0 Å². The smallest absolute Gasteiger partial charge is 0.292 e. The van der Waals surface area contributed by atoms with Gasteiger partial charge in [-0.05, 0) is 18.2 Å². The minimum Gasteiger partial charge on any atom is -0.388 e. The molecule has 2 nitrogen and oxygen atoms in total. The summed E-state index contributed by atoms with van der Waals surface area (Å²) in [6, 6.07) is 6.80. The monoisotopic (exact) mass is 143 g/mol. The molecule has 0 radical (unpaired) electrons. The molecule has 0 N–H and O–H groups in total. The fraction of sp³-hybridized carbons (Fsp3) is 0. The van der Waals surface area contributed by atoms with Crippen molar-refractivity contribution >= 4 is 0 Å². The highest BCUT2D eigenvalue weighted by Gasteiger charge is 1.91. The van der Waals surface area contributed by atoms with Gasteiger partial charge in [-0.15, -0.1) is 11.7 Å². The molecule has 0 aliphatic carbocycles. The van der Waals surface area contributed by atoms with Gasteiger partial charge in [0.2, 0.25) is 0 Å². The van der Waals surface area contributed by atoms with Gasteiger partial charge in [0, 0.05) is 5.56 Å². The van der Waals surface area contributed by atoms with Crippen LogP contribution in [0.3, 0.4) is 0 Å².